The highest BCUT2D eigenvalue weighted by atomic mass is 32.2. The van der Waals surface area contributed by atoms with Gasteiger partial charge in [0.1, 0.15) is 0 Å². The molecule has 1 unspecified atom stereocenters. The van der Waals surface area contributed by atoms with Gasteiger partial charge in [-0.1, -0.05) is 72.3 Å². The Kier molecular flexibility index (Phi) is 17.2. The van der Waals surface area contributed by atoms with E-state index in [2.05, 4.69) is 34.6 Å². The van der Waals surface area contributed by atoms with Crippen LogP contribution in [0.25, 0.3) is 0 Å². The Labute approximate surface area is 121 Å². The average molecular weight is 273 g/mol. The molecule has 0 aliphatic carbocycles. The Balaban J connectivity index is 0. The first kappa shape index (κ1) is 20.4. The maximum atomic E-state index is 2.31. The van der Waals surface area contributed by atoms with Crippen LogP contribution in [0.15, 0.2) is 10.5 Å². The zero-order chi connectivity index (χ0) is 14.4. The van der Waals surface area contributed by atoms with E-state index in [0.717, 1.165) is 5.25 Å². The van der Waals surface area contributed by atoms with E-state index in [0.29, 0.717) is 0 Å². The first-order valence-corrected chi connectivity index (χ1v) is 8.82. The minimum atomic E-state index is 0.855. The first-order chi connectivity index (χ1) is 8.61. The molecule has 1 heterocycles. The molecule has 0 spiro atoms. The second kappa shape index (κ2) is 15.1. The monoisotopic (exact) mass is 272 g/mol. The molecule has 0 radical (unpaired) electrons. The van der Waals surface area contributed by atoms with E-state index in [4.69, 9.17) is 0 Å². The SMILES string of the molecule is CC.CC1=C(C)SC(C)CC1.CCCCCCC. The molecule has 0 saturated heterocycles. The second-order valence-corrected chi connectivity index (χ2v) is 6.52. The van der Waals surface area contributed by atoms with Crippen molar-refractivity contribution in [3.8, 4) is 0 Å². The van der Waals surface area contributed by atoms with E-state index in [1.54, 1.807) is 10.5 Å². The van der Waals surface area contributed by atoms with Crippen LogP contribution in [0.5, 0.6) is 0 Å². The zero-order valence-corrected chi connectivity index (χ0v) is 14.8. The van der Waals surface area contributed by atoms with Crippen LogP contribution in [-0.2, 0) is 0 Å². The van der Waals surface area contributed by atoms with Crippen LogP contribution >= 0.6 is 11.8 Å². The summed E-state index contributed by atoms with van der Waals surface area (Å²) in [5.74, 6) is 0. The molecule has 0 aromatic rings. The lowest BCUT2D eigenvalue weighted by Gasteiger charge is -2.19. The number of allylic oxidation sites excluding steroid dienone is 2. The Morgan fingerprint density at radius 3 is 1.83 bits per heavy atom. The maximum absolute atomic E-state index is 2.31. The van der Waals surface area contributed by atoms with Gasteiger partial charge in [0.25, 0.3) is 0 Å². The summed E-state index contributed by atoms with van der Waals surface area (Å²) in [6, 6.07) is 0. The van der Waals surface area contributed by atoms with Gasteiger partial charge < -0.3 is 0 Å². The lowest BCUT2D eigenvalue weighted by Crippen LogP contribution is -2.02. The van der Waals surface area contributed by atoms with Crippen molar-refractivity contribution in [2.75, 3.05) is 0 Å². The van der Waals surface area contributed by atoms with Crippen LogP contribution in [0.3, 0.4) is 0 Å². The molecule has 110 valence electrons. The fraction of sp³-hybridized carbons (Fsp3) is 0.882. The van der Waals surface area contributed by atoms with Gasteiger partial charge in [-0.2, -0.15) is 0 Å². The van der Waals surface area contributed by atoms with E-state index >= 15 is 0 Å². The Morgan fingerprint density at radius 2 is 1.50 bits per heavy atom. The van der Waals surface area contributed by atoms with Crippen LogP contribution in [0.4, 0.5) is 0 Å². The fourth-order valence-electron chi connectivity index (χ4n) is 1.73. The molecule has 0 bridgehead atoms. The summed E-state index contributed by atoms with van der Waals surface area (Å²) < 4.78 is 0. The van der Waals surface area contributed by atoms with Crippen molar-refractivity contribution >= 4 is 11.8 Å². The van der Waals surface area contributed by atoms with Crippen molar-refractivity contribution in [2.45, 2.75) is 98.7 Å². The third kappa shape index (κ3) is 12.5. The smallest absolute Gasteiger partial charge is 0.00657 e. The fourth-order valence-corrected chi connectivity index (χ4v) is 2.88. The molecule has 0 nitrogen and oxygen atoms in total. The van der Waals surface area contributed by atoms with Crippen molar-refractivity contribution in [2.24, 2.45) is 0 Å². The van der Waals surface area contributed by atoms with E-state index in [1.807, 2.05) is 25.6 Å². The summed E-state index contributed by atoms with van der Waals surface area (Å²) >= 11 is 2.03. The summed E-state index contributed by atoms with van der Waals surface area (Å²) in [6.07, 6.45) is 9.70. The number of unbranched alkanes of at least 4 members (excludes halogenated alkanes) is 4. The quantitative estimate of drug-likeness (QED) is 0.488. The molecule has 0 amide bonds. The highest BCUT2D eigenvalue weighted by Gasteiger charge is 2.11. The summed E-state index contributed by atoms with van der Waals surface area (Å²) in [5.41, 5.74) is 1.60. The third-order valence-electron chi connectivity index (χ3n) is 3.11. The lowest BCUT2D eigenvalue weighted by atomic mass is 10.1. The average Bonchev–Trinajstić information content (AvgIpc) is 2.38. The van der Waals surface area contributed by atoms with E-state index in [-0.39, 0.29) is 0 Å². The molecule has 0 saturated carbocycles. The summed E-state index contributed by atoms with van der Waals surface area (Å²) in [7, 11) is 0. The largest absolute Gasteiger partial charge is 0.128 e. The molecule has 1 rings (SSSR count). The van der Waals surface area contributed by atoms with Crippen LogP contribution in [0.1, 0.15) is 93.4 Å². The predicted octanol–water partition coefficient (Wildman–Crippen LogP) is 7.20. The van der Waals surface area contributed by atoms with Gasteiger partial charge in [-0.15, -0.1) is 11.8 Å². The van der Waals surface area contributed by atoms with Crippen molar-refractivity contribution < 1.29 is 0 Å². The molecule has 0 aromatic carbocycles. The van der Waals surface area contributed by atoms with Gasteiger partial charge in [-0.25, -0.2) is 0 Å². The maximum Gasteiger partial charge on any atom is 0.00657 e. The highest BCUT2D eigenvalue weighted by molar-refractivity contribution is 8.03. The number of hydrogen-bond donors (Lipinski definition) is 0. The molecule has 1 aliphatic rings. The van der Waals surface area contributed by atoms with Crippen LogP contribution in [0.2, 0.25) is 0 Å². The Hall–Kier alpha value is 0.0900. The number of hydrogen-bond acceptors (Lipinski definition) is 1. The van der Waals surface area contributed by atoms with Gasteiger partial charge in [0, 0.05) is 5.25 Å². The minimum absolute atomic E-state index is 0.855. The van der Waals surface area contributed by atoms with Crippen molar-refractivity contribution in [1.82, 2.24) is 0 Å². The second-order valence-electron chi connectivity index (χ2n) is 4.86. The predicted molar refractivity (Wildman–Crippen MR) is 90.4 cm³/mol. The normalized spacial score (nSPS) is 18.5. The minimum Gasteiger partial charge on any atom is -0.128 e. The van der Waals surface area contributed by atoms with Gasteiger partial charge in [0.05, 0.1) is 0 Å². The van der Waals surface area contributed by atoms with Gasteiger partial charge in [-0.05, 0) is 31.6 Å². The van der Waals surface area contributed by atoms with Gasteiger partial charge >= 0.3 is 0 Å². The molecule has 0 N–H and O–H groups in total. The standard InChI is InChI=1S/C8H14S.C7H16.C2H6/c1-6-4-5-7(2)9-8(6)3;1-3-5-7-6-4-2;1-2/h7H,4-5H2,1-3H3;3-7H2,1-2H3;1-2H3. The molecule has 0 aromatic heterocycles. The molecule has 18 heavy (non-hydrogen) atoms. The van der Waals surface area contributed by atoms with Crippen molar-refractivity contribution in [3.63, 3.8) is 0 Å². The Morgan fingerprint density at radius 1 is 1.00 bits per heavy atom. The number of rotatable bonds is 4. The van der Waals surface area contributed by atoms with E-state index in [1.165, 1.54) is 44.9 Å². The summed E-state index contributed by atoms with van der Waals surface area (Å²) in [5, 5.41) is 0.855. The Bertz CT molecular complexity index is 190. The van der Waals surface area contributed by atoms with Crippen LogP contribution < -0.4 is 0 Å². The summed E-state index contributed by atoms with van der Waals surface area (Å²) in [4.78, 5) is 1.55. The van der Waals surface area contributed by atoms with Gasteiger partial charge in [0.2, 0.25) is 0 Å². The van der Waals surface area contributed by atoms with Crippen molar-refractivity contribution in [3.05, 3.63) is 10.5 Å². The molecule has 1 heteroatoms. The highest BCUT2D eigenvalue weighted by Crippen LogP contribution is 2.33. The van der Waals surface area contributed by atoms with Crippen LogP contribution in [0, 0.1) is 0 Å². The summed E-state index contributed by atoms with van der Waals surface area (Å²) in [6.45, 7) is 15.3. The van der Waals surface area contributed by atoms with E-state index < -0.39 is 0 Å². The topological polar surface area (TPSA) is 0 Å². The number of thioether (sulfide) groups is 1. The zero-order valence-electron chi connectivity index (χ0n) is 13.9. The molecular formula is C17H36S. The van der Waals surface area contributed by atoms with Gasteiger partial charge in [-0.3, -0.25) is 0 Å². The van der Waals surface area contributed by atoms with Crippen LogP contribution in [-0.4, -0.2) is 5.25 Å². The molecular weight excluding hydrogens is 236 g/mol. The molecule has 1 atom stereocenters. The van der Waals surface area contributed by atoms with Crippen molar-refractivity contribution in [1.29, 1.82) is 0 Å². The lowest BCUT2D eigenvalue weighted by molar-refractivity contribution is 0.656. The molecule has 1 aliphatic heterocycles. The van der Waals surface area contributed by atoms with E-state index in [9.17, 15) is 0 Å². The van der Waals surface area contributed by atoms with Gasteiger partial charge in [0.15, 0.2) is 0 Å². The molecule has 0 fully saturated rings. The first-order valence-electron chi connectivity index (χ1n) is 7.94. The third-order valence-corrected chi connectivity index (χ3v) is 4.45.